The Morgan fingerprint density at radius 3 is 1.60 bits per heavy atom. The Labute approximate surface area is 255 Å². The molecule has 3 N–H and O–H groups in total. The van der Waals surface area contributed by atoms with Gasteiger partial charge in [0.05, 0.1) is 33.2 Å². The molecule has 0 bridgehead atoms. The number of alkyl halides is 6. The number of aromatic amines is 1. The maximum Gasteiger partial charge on any atom is 0.433 e. The van der Waals surface area contributed by atoms with Gasteiger partial charge in [-0.05, 0) is 23.3 Å². The minimum atomic E-state index is -4.92. The molecule has 2 heterocycles. The Morgan fingerprint density at radius 1 is 0.698 bits per heavy atom. The van der Waals surface area contributed by atoms with Crippen LogP contribution in [-0.4, -0.2) is 18.8 Å². The molecule has 0 aliphatic carbocycles. The second kappa shape index (κ2) is 12.9. The van der Waals surface area contributed by atoms with Crippen molar-refractivity contribution in [2.45, 2.75) is 25.4 Å². The van der Waals surface area contributed by atoms with Crippen molar-refractivity contribution in [1.82, 2.24) is 18.8 Å². The molecule has 0 unspecified atom stereocenters. The minimum absolute atomic E-state index is 0.0962. The van der Waals surface area contributed by atoms with Crippen molar-refractivity contribution in [2.24, 2.45) is 0 Å². The van der Waals surface area contributed by atoms with Crippen LogP contribution in [0.5, 0.6) is 0 Å². The molecule has 2 aromatic heterocycles. The van der Waals surface area contributed by atoms with Crippen molar-refractivity contribution in [2.75, 3.05) is 5.84 Å². The summed E-state index contributed by atoms with van der Waals surface area (Å²) in [6.45, 7) is -0.641. The number of halogens is 10. The van der Waals surface area contributed by atoms with Gasteiger partial charge in [-0.2, -0.15) is 26.3 Å². The van der Waals surface area contributed by atoms with E-state index in [1.165, 1.54) is 30.3 Å². The average molecular weight is 693 g/mol. The smallest absolute Gasteiger partial charge is 0.335 e. The van der Waals surface area contributed by atoms with E-state index in [4.69, 9.17) is 52.2 Å². The molecule has 0 fully saturated rings. The van der Waals surface area contributed by atoms with E-state index in [2.05, 4.69) is 0 Å². The largest absolute Gasteiger partial charge is 0.433 e. The molecule has 19 heteroatoms. The van der Waals surface area contributed by atoms with Crippen LogP contribution in [0.1, 0.15) is 22.5 Å². The summed E-state index contributed by atoms with van der Waals surface area (Å²) < 4.78 is 76.4. The third kappa shape index (κ3) is 7.84. The van der Waals surface area contributed by atoms with Gasteiger partial charge in [-0.15, -0.1) is 0 Å². The Kier molecular flexibility index (Phi) is 10.2. The summed E-state index contributed by atoms with van der Waals surface area (Å²) in [6, 6.07) is 9.64. The number of nitrogens with two attached hydrogens (primary N) is 1. The highest BCUT2D eigenvalue weighted by Crippen LogP contribution is 2.28. The lowest BCUT2D eigenvalue weighted by molar-refractivity contribution is -0.143. The summed E-state index contributed by atoms with van der Waals surface area (Å²) in [4.78, 5) is 48.6. The lowest BCUT2D eigenvalue weighted by Gasteiger charge is -2.14. The summed E-state index contributed by atoms with van der Waals surface area (Å²) in [5, 5.41) is 0.627. The molecule has 4 aromatic rings. The number of nitrogen functional groups attached to an aromatic ring is 1. The fourth-order valence-electron chi connectivity index (χ4n) is 3.46. The van der Waals surface area contributed by atoms with Crippen LogP contribution in [0.2, 0.25) is 20.1 Å². The quantitative estimate of drug-likeness (QED) is 0.230. The zero-order chi connectivity index (χ0) is 32.4. The van der Waals surface area contributed by atoms with E-state index in [1.54, 1.807) is 11.1 Å². The summed E-state index contributed by atoms with van der Waals surface area (Å²) in [5.74, 6) is 5.13. The van der Waals surface area contributed by atoms with Gasteiger partial charge in [0.1, 0.15) is 5.69 Å². The average Bonchev–Trinajstić information content (AvgIpc) is 2.90. The highest BCUT2D eigenvalue weighted by atomic mass is 35.5. The van der Waals surface area contributed by atoms with E-state index in [0.717, 1.165) is 0 Å². The lowest BCUT2D eigenvalue weighted by Crippen LogP contribution is -2.46. The van der Waals surface area contributed by atoms with E-state index in [-0.39, 0.29) is 43.9 Å². The van der Waals surface area contributed by atoms with Gasteiger partial charge in [-0.25, -0.2) is 14.3 Å². The Morgan fingerprint density at radius 2 is 1.16 bits per heavy atom. The van der Waals surface area contributed by atoms with Gasteiger partial charge < -0.3 is 10.8 Å². The van der Waals surface area contributed by atoms with Crippen molar-refractivity contribution in [3.8, 4) is 0 Å². The van der Waals surface area contributed by atoms with Crippen molar-refractivity contribution in [3.05, 3.63) is 133 Å². The fourth-order valence-corrected chi connectivity index (χ4v) is 4.22. The lowest BCUT2D eigenvalue weighted by atomic mass is 10.2. The van der Waals surface area contributed by atoms with Crippen LogP contribution in [0.4, 0.5) is 26.3 Å². The fraction of sp³-hybridized carbons (Fsp3) is 0.167. The Bertz CT molecular complexity index is 1880. The van der Waals surface area contributed by atoms with E-state index < -0.39 is 46.2 Å². The van der Waals surface area contributed by atoms with Crippen molar-refractivity contribution in [3.63, 3.8) is 0 Å². The summed E-state index contributed by atoms with van der Waals surface area (Å²) in [6.07, 6.45) is -9.72. The standard InChI is InChI=1S/C12H8Cl2F3N3O2.C12H7Cl2F3N2O2/c13-7-3-1-2-6(10(7)14)5-19-9(21)4-8(12(15,16)17)20(18)11(19)22;13-7-3-1-2-6(10(7)14)5-19-9(20)4-8(12(15,16)17)18-11(19)21/h1-4H,5,18H2;1-4H,5H2,(H,18,21). The predicted molar refractivity (Wildman–Crippen MR) is 148 cm³/mol. The Hall–Kier alpha value is -3.66. The second-order valence-electron chi connectivity index (χ2n) is 8.44. The molecule has 0 radical (unpaired) electrons. The molecule has 2 aromatic carbocycles. The van der Waals surface area contributed by atoms with Gasteiger partial charge in [0.2, 0.25) is 0 Å². The molecule has 0 atom stereocenters. The van der Waals surface area contributed by atoms with E-state index >= 15 is 0 Å². The van der Waals surface area contributed by atoms with Gasteiger partial charge in [-0.3, -0.25) is 18.7 Å². The van der Waals surface area contributed by atoms with Crippen LogP contribution in [0.25, 0.3) is 0 Å². The normalized spacial score (nSPS) is 11.7. The molecule has 230 valence electrons. The van der Waals surface area contributed by atoms with Gasteiger partial charge in [-0.1, -0.05) is 70.7 Å². The van der Waals surface area contributed by atoms with Gasteiger partial charge in [0.15, 0.2) is 5.69 Å². The first kappa shape index (κ1) is 33.8. The molecular weight excluding hydrogens is 678 g/mol. The second-order valence-corrected chi connectivity index (χ2v) is 10.0. The molecule has 0 aliphatic heterocycles. The molecule has 0 spiro atoms. The molecule has 0 saturated carbocycles. The molecule has 9 nitrogen and oxygen atoms in total. The van der Waals surface area contributed by atoms with E-state index in [1.807, 2.05) is 0 Å². The minimum Gasteiger partial charge on any atom is -0.335 e. The molecule has 4 rings (SSSR count). The van der Waals surface area contributed by atoms with Crippen LogP contribution in [-0.2, 0) is 25.4 Å². The number of H-pyrrole nitrogens is 1. The molecule has 0 amide bonds. The number of benzene rings is 2. The summed E-state index contributed by atoms with van der Waals surface area (Å²) >= 11 is 23.4. The molecular formula is C24H15Cl4F6N5O4. The first-order chi connectivity index (χ1) is 19.8. The number of rotatable bonds is 4. The van der Waals surface area contributed by atoms with E-state index in [0.29, 0.717) is 26.3 Å². The number of hydrogen-bond donors (Lipinski definition) is 2. The topological polar surface area (TPSA) is 125 Å². The zero-order valence-corrected chi connectivity index (χ0v) is 23.9. The summed E-state index contributed by atoms with van der Waals surface area (Å²) in [5.41, 5.74) is -6.99. The van der Waals surface area contributed by atoms with Crippen molar-refractivity contribution >= 4 is 46.4 Å². The highest BCUT2D eigenvalue weighted by Gasteiger charge is 2.36. The molecule has 43 heavy (non-hydrogen) atoms. The van der Waals surface area contributed by atoms with Crippen LogP contribution in [0, 0.1) is 0 Å². The van der Waals surface area contributed by atoms with Gasteiger partial charge in [0.25, 0.3) is 11.1 Å². The number of aromatic nitrogens is 4. The van der Waals surface area contributed by atoms with Crippen LogP contribution < -0.4 is 28.3 Å². The summed E-state index contributed by atoms with van der Waals surface area (Å²) in [7, 11) is 0. The first-order valence-electron chi connectivity index (χ1n) is 11.3. The SMILES string of the molecule is Nn1c(C(F)(F)F)cc(=O)n(Cc2cccc(Cl)c2Cl)c1=O.O=c1cc(C(F)(F)F)[nH]c(=O)n1Cc1cccc(Cl)c1Cl. The van der Waals surface area contributed by atoms with Crippen molar-refractivity contribution < 1.29 is 26.3 Å². The zero-order valence-electron chi connectivity index (χ0n) is 20.9. The number of hydrogen-bond acceptors (Lipinski definition) is 5. The van der Waals surface area contributed by atoms with Crippen molar-refractivity contribution in [1.29, 1.82) is 0 Å². The van der Waals surface area contributed by atoms with Crippen LogP contribution >= 0.6 is 46.4 Å². The first-order valence-corrected chi connectivity index (χ1v) is 12.8. The van der Waals surface area contributed by atoms with Gasteiger partial charge >= 0.3 is 23.7 Å². The predicted octanol–water partition coefficient (Wildman–Crippen LogP) is 5.01. The maximum absolute atomic E-state index is 12.7. The van der Waals surface area contributed by atoms with Crippen LogP contribution in [0.3, 0.4) is 0 Å². The number of nitrogens with zero attached hydrogens (tertiary/aromatic N) is 3. The van der Waals surface area contributed by atoms with E-state index in [9.17, 15) is 45.5 Å². The molecule has 0 aliphatic rings. The monoisotopic (exact) mass is 691 g/mol. The third-order valence-electron chi connectivity index (χ3n) is 5.56. The van der Waals surface area contributed by atoms with Crippen LogP contribution in [0.15, 0.2) is 67.7 Å². The number of nitrogens with one attached hydrogen (secondary N) is 1. The Balaban J connectivity index is 0.000000236. The highest BCUT2D eigenvalue weighted by molar-refractivity contribution is 6.42. The molecule has 0 saturated heterocycles. The van der Waals surface area contributed by atoms with Gasteiger partial charge in [0, 0.05) is 12.1 Å². The third-order valence-corrected chi connectivity index (χ3v) is 7.28. The maximum atomic E-state index is 12.7.